The van der Waals surface area contributed by atoms with E-state index in [9.17, 15) is 4.79 Å². The van der Waals surface area contributed by atoms with Gasteiger partial charge in [0.15, 0.2) is 0 Å². The van der Waals surface area contributed by atoms with E-state index in [4.69, 9.17) is 4.74 Å². The monoisotopic (exact) mass is 244 g/mol. The van der Waals surface area contributed by atoms with Crippen LogP contribution in [0.15, 0.2) is 0 Å². The van der Waals surface area contributed by atoms with Crippen molar-refractivity contribution < 1.29 is 9.53 Å². The molecule has 0 spiro atoms. The van der Waals surface area contributed by atoms with E-state index in [1.165, 1.54) is 24.6 Å². The van der Waals surface area contributed by atoms with Gasteiger partial charge in [-0.3, -0.25) is 0 Å². The van der Waals surface area contributed by atoms with Crippen LogP contribution in [0.4, 0.5) is 4.79 Å². The zero-order valence-electron chi connectivity index (χ0n) is 11.1. The van der Waals surface area contributed by atoms with Crippen molar-refractivity contribution in [2.45, 2.75) is 64.7 Å². The number of hydrogen-bond donors (Lipinski definition) is 0. The summed E-state index contributed by atoms with van der Waals surface area (Å²) in [5, 5.41) is 0.338. The summed E-state index contributed by atoms with van der Waals surface area (Å²) in [7, 11) is 0. The van der Waals surface area contributed by atoms with Crippen LogP contribution in [0.1, 0.15) is 53.9 Å². The Morgan fingerprint density at radius 1 is 1.25 bits per heavy atom. The number of hydrogen-bond acceptors (Lipinski definition) is 3. The molecule has 1 fully saturated rings. The van der Waals surface area contributed by atoms with Gasteiger partial charge < -0.3 is 4.74 Å². The van der Waals surface area contributed by atoms with Gasteiger partial charge in [-0.2, -0.15) is 0 Å². The molecule has 0 saturated heterocycles. The lowest BCUT2D eigenvalue weighted by molar-refractivity contribution is 0.0735. The molecule has 0 bridgehead atoms. The Morgan fingerprint density at radius 2 is 1.88 bits per heavy atom. The van der Waals surface area contributed by atoms with Gasteiger partial charge in [0.25, 0.3) is 0 Å². The number of thioether (sulfide) groups is 1. The van der Waals surface area contributed by atoms with Gasteiger partial charge in [0.2, 0.25) is 0 Å². The smallest absolute Gasteiger partial charge is 0.368 e. The highest BCUT2D eigenvalue weighted by Gasteiger charge is 2.29. The molecular weight excluding hydrogens is 220 g/mol. The number of carbonyl (C=O) groups excluding carboxylic acids is 1. The molecule has 94 valence electrons. The Labute approximate surface area is 104 Å². The summed E-state index contributed by atoms with van der Waals surface area (Å²) in [4.78, 5) is 11.7. The van der Waals surface area contributed by atoms with E-state index >= 15 is 0 Å². The molecule has 0 heterocycles. The molecule has 0 amide bonds. The Balaban J connectivity index is 2.39. The summed E-state index contributed by atoms with van der Waals surface area (Å²) in [6.07, 6.45) is 3.62. The maximum Gasteiger partial charge on any atom is 0.368 e. The summed E-state index contributed by atoms with van der Waals surface area (Å²) in [5.74, 6) is 1.44. The predicted molar refractivity (Wildman–Crippen MR) is 69.8 cm³/mol. The molecular formula is C13H24O2S. The number of ether oxygens (including phenoxy) is 1. The molecule has 0 aromatic carbocycles. The SMILES string of the molecule is CC1C[C@@H](C)CCC1SC(=O)OC(C)(C)C. The first-order valence-corrected chi connectivity index (χ1v) is 7.05. The zero-order valence-corrected chi connectivity index (χ0v) is 11.9. The second-order valence-electron chi connectivity index (χ2n) is 6.02. The van der Waals surface area contributed by atoms with Crippen LogP contribution in [0, 0.1) is 11.8 Å². The minimum atomic E-state index is -0.366. The van der Waals surface area contributed by atoms with E-state index in [1.807, 2.05) is 20.8 Å². The molecule has 3 atom stereocenters. The fourth-order valence-corrected chi connectivity index (χ4v) is 3.35. The van der Waals surface area contributed by atoms with Crippen LogP contribution in [0.2, 0.25) is 0 Å². The van der Waals surface area contributed by atoms with Crippen molar-refractivity contribution >= 4 is 17.1 Å². The van der Waals surface area contributed by atoms with E-state index in [0.29, 0.717) is 11.2 Å². The first-order chi connectivity index (χ1) is 7.28. The third-order valence-corrected chi connectivity index (χ3v) is 4.27. The molecule has 0 aromatic heterocycles. The maximum atomic E-state index is 11.7. The van der Waals surface area contributed by atoms with Gasteiger partial charge in [-0.25, -0.2) is 4.79 Å². The van der Waals surface area contributed by atoms with Gasteiger partial charge >= 0.3 is 5.30 Å². The van der Waals surface area contributed by atoms with Gasteiger partial charge in [0.1, 0.15) is 5.60 Å². The molecule has 2 unspecified atom stereocenters. The van der Waals surface area contributed by atoms with Gasteiger partial charge in [0, 0.05) is 5.25 Å². The highest BCUT2D eigenvalue weighted by Crippen LogP contribution is 2.37. The van der Waals surface area contributed by atoms with E-state index in [2.05, 4.69) is 13.8 Å². The molecule has 0 N–H and O–H groups in total. The van der Waals surface area contributed by atoms with Crippen LogP contribution in [0.3, 0.4) is 0 Å². The van der Waals surface area contributed by atoms with Crippen LogP contribution >= 0.6 is 11.8 Å². The largest absolute Gasteiger partial charge is 0.452 e. The molecule has 1 rings (SSSR count). The topological polar surface area (TPSA) is 26.3 Å². The number of rotatable bonds is 1. The van der Waals surface area contributed by atoms with Gasteiger partial charge in [0.05, 0.1) is 0 Å². The van der Waals surface area contributed by atoms with Crippen molar-refractivity contribution in [1.29, 1.82) is 0 Å². The van der Waals surface area contributed by atoms with Gasteiger partial charge in [-0.05, 0) is 63.6 Å². The van der Waals surface area contributed by atoms with Crippen LogP contribution in [-0.2, 0) is 4.74 Å². The van der Waals surface area contributed by atoms with Crippen LogP contribution < -0.4 is 0 Å². The third-order valence-electron chi connectivity index (χ3n) is 2.99. The standard InChI is InChI=1S/C13H24O2S/c1-9-6-7-11(10(2)8-9)16-12(14)15-13(3,4)5/h9-11H,6-8H2,1-5H3/t9-,10?,11?/m0/s1. The lowest BCUT2D eigenvalue weighted by Crippen LogP contribution is -2.27. The van der Waals surface area contributed by atoms with Crippen molar-refractivity contribution in [3.63, 3.8) is 0 Å². The summed E-state index contributed by atoms with van der Waals surface area (Å²) in [6.45, 7) is 10.3. The number of carbonyl (C=O) groups is 1. The Bertz CT molecular complexity index is 245. The highest BCUT2D eigenvalue weighted by molar-refractivity contribution is 8.13. The van der Waals surface area contributed by atoms with E-state index in [1.54, 1.807) is 0 Å². The highest BCUT2D eigenvalue weighted by atomic mass is 32.2. The van der Waals surface area contributed by atoms with Crippen molar-refractivity contribution in [2.75, 3.05) is 0 Å². The van der Waals surface area contributed by atoms with Gasteiger partial charge in [-0.15, -0.1) is 0 Å². The minimum absolute atomic E-state index is 0.112. The average Bonchev–Trinajstić information content (AvgIpc) is 2.06. The van der Waals surface area contributed by atoms with E-state index in [0.717, 1.165) is 12.3 Å². The van der Waals surface area contributed by atoms with Crippen LogP contribution in [0.25, 0.3) is 0 Å². The maximum absolute atomic E-state index is 11.7. The summed E-state index contributed by atoms with van der Waals surface area (Å²) in [5.41, 5.74) is -0.366. The zero-order chi connectivity index (χ0) is 12.3. The molecule has 0 radical (unpaired) electrons. The van der Waals surface area contributed by atoms with Crippen molar-refractivity contribution in [1.82, 2.24) is 0 Å². The molecule has 1 aliphatic carbocycles. The van der Waals surface area contributed by atoms with E-state index in [-0.39, 0.29) is 10.9 Å². The van der Waals surface area contributed by atoms with Crippen LogP contribution in [-0.4, -0.2) is 16.2 Å². The molecule has 0 aliphatic heterocycles. The Kier molecular flexibility index (Phi) is 4.72. The lowest BCUT2D eigenvalue weighted by atomic mass is 9.83. The normalized spacial score (nSPS) is 31.2. The minimum Gasteiger partial charge on any atom is -0.452 e. The fraction of sp³-hybridized carbons (Fsp3) is 0.923. The molecule has 3 heteroatoms. The van der Waals surface area contributed by atoms with Crippen molar-refractivity contribution in [2.24, 2.45) is 11.8 Å². The Hall–Kier alpha value is -0.180. The molecule has 0 aromatic rings. The molecule has 16 heavy (non-hydrogen) atoms. The Morgan fingerprint density at radius 3 is 2.38 bits per heavy atom. The summed E-state index contributed by atoms with van der Waals surface area (Å²) >= 11 is 1.40. The van der Waals surface area contributed by atoms with Crippen molar-refractivity contribution in [3.05, 3.63) is 0 Å². The molecule has 1 aliphatic rings. The second kappa shape index (κ2) is 5.44. The quantitative estimate of drug-likeness (QED) is 0.636. The fourth-order valence-electron chi connectivity index (χ4n) is 2.21. The first-order valence-electron chi connectivity index (χ1n) is 6.17. The summed E-state index contributed by atoms with van der Waals surface area (Å²) < 4.78 is 5.34. The summed E-state index contributed by atoms with van der Waals surface area (Å²) in [6, 6.07) is 0. The molecule has 1 saturated carbocycles. The second-order valence-corrected chi connectivity index (χ2v) is 7.19. The van der Waals surface area contributed by atoms with Gasteiger partial charge in [-0.1, -0.05) is 13.8 Å². The molecule has 2 nitrogen and oxygen atoms in total. The average molecular weight is 244 g/mol. The van der Waals surface area contributed by atoms with Crippen LogP contribution in [0.5, 0.6) is 0 Å². The first kappa shape index (κ1) is 13.9. The van der Waals surface area contributed by atoms with E-state index < -0.39 is 0 Å². The van der Waals surface area contributed by atoms with Crippen molar-refractivity contribution in [3.8, 4) is 0 Å². The lowest BCUT2D eigenvalue weighted by Gasteiger charge is -2.32. The third kappa shape index (κ3) is 4.77. The predicted octanol–water partition coefficient (Wildman–Crippen LogP) is 4.48.